The van der Waals surface area contributed by atoms with Gasteiger partial charge in [-0.1, -0.05) is 23.7 Å². The molecule has 1 aliphatic heterocycles. The van der Waals surface area contributed by atoms with Crippen molar-refractivity contribution >= 4 is 17.5 Å². The van der Waals surface area contributed by atoms with Crippen molar-refractivity contribution in [1.29, 1.82) is 0 Å². The standard InChI is InChI=1S/C24H26ClFN4O2/c1-17-13-21(14-18(2)23(17)25)32-16-30-8-7-22(27-30)24(31)29-11-9-28(10-12-29)15-19-3-5-20(26)6-4-19/h3-8,13-14H,9-12,15-16H2,1-2H3. The van der Waals surface area contributed by atoms with Gasteiger partial charge in [0.05, 0.1) is 0 Å². The van der Waals surface area contributed by atoms with Crippen LogP contribution in [0.3, 0.4) is 0 Å². The number of halogens is 2. The average Bonchev–Trinajstić information content (AvgIpc) is 3.26. The summed E-state index contributed by atoms with van der Waals surface area (Å²) in [6.07, 6.45) is 1.74. The van der Waals surface area contributed by atoms with E-state index in [0.717, 1.165) is 41.3 Å². The van der Waals surface area contributed by atoms with Crippen molar-refractivity contribution in [1.82, 2.24) is 19.6 Å². The Hall–Kier alpha value is -2.90. The molecule has 2 heterocycles. The second kappa shape index (κ2) is 9.71. The summed E-state index contributed by atoms with van der Waals surface area (Å²) >= 11 is 6.20. The Balaban J connectivity index is 1.29. The average molecular weight is 457 g/mol. The number of nitrogens with zero attached hydrogens (tertiary/aromatic N) is 4. The molecule has 0 aliphatic carbocycles. The van der Waals surface area contributed by atoms with Crippen LogP contribution in [-0.2, 0) is 13.3 Å². The van der Waals surface area contributed by atoms with E-state index in [9.17, 15) is 9.18 Å². The van der Waals surface area contributed by atoms with E-state index in [0.29, 0.717) is 24.5 Å². The van der Waals surface area contributed by atoms with Gasteiger partial charge >= 0.3 is 0 Å². The van der Waals surface area contributed by atoms with Crippen molar-refractivity contribution in [2.75, 3.05) is 26.2 Å². The monoisotopic (exact) mass is 456 g/mol. The van der Waals surface area contributed by atoms with E-state index >= 15 is 0 Å². The van der Waals surface area contributed by atoms with Crippen LogP contribution in [0.4, 0.5) is 4.39 Å². The molecule has 0 spiro atoms. The van der Waals surface area contributed by atoms with E-state index in [2.05, 4.69) is 10.00 Å². The molecular weight excluding hydrogens is 431 g/mol. The van der Waals surface area contributed by atoms with E-state index in [1.54, 1.807) is 29.1 Å². The Morgan fingerprint density at radius 2 is 1.72 bits per heavy atom. The smallest absolute Gasteiger partial charge is 0.274 e. The predicted molar refractivity (Wildman–Crippen MR) is 121 cm³/mol. The molecule has 168 valence electrons. The maximum atomic E-state index is 13.1. The highest BCUT2D eigenvalue weighted by molar-refractivity contribution is 6.32. The van der Waals surface area contributed by atoms with Crippen LogP contribution < -0.4 is 4.74 Å². The maximum Gasteiger partial charge on any atom is 0.274 e. The number of benzene rings is 2. The lowest BCUT2D eigenvalue weighted by Gasteiger charge is -2.34. The zero-order chi connectivity index (χ0) is 22.7. The highest BCUT2D eigenvalue weighted by Gasteiger charge is 2.23. The molecule has 1 saturated heterocycles. The molecule has 0 unspecified atom stereocenters. The second-order valence-electron chi connectivity index (χ2n) is 8.08. The summed E-state index contributed by atoms with van der Waals surface area (Å²) in [5, 5.41) is 5.12. The number of amides is 1. The van der Waals surface area contributed by atoms with Crippen LogP contribution in [0.15, 0.2) is 48.7 Å². The molecule has 1 aromatic heterocycles. The maximum absolute atomic E-state index is 13.1. The van der Waals surface area contributed by atoms with E-state index < -0.39 is 0 Å². The third-order valence-corrected chi connectivity index (χ3v) is 6.21. The molecule has 32 heavy (non-hydrogen) atoms. The molecule has 0 saturated carbocycles. The summed E-state index contributed by atoms with van der Waals surface area (Å²) < 4.78 is 20.5. The summed E-state index contributed by atoms with van der Waals surface area (Å²) in [5.41, 5.74) is 3.38. The quantitative estimate of drug-likeness (QED) is 0.555. The summed E-state index contributed by atoms with van der Waals surface area (Å²) in [4.78, 5) is 16.9. The molecule has 4 rings (SSSR count). The van der Waals surface area contributed by atoms with Crippen LogP contribution >= 0.6 is 11.6 Å². The molecule has 2 aromatic carbocycles. The topological polar surface area (TPSA) is 50.6 Å². The first-order chi connectivity index (χ1) is 15.4. The van der Waals surface area contributed by atoms with Gasteiger partial charge in [0.15, 0.2) is 12.4 Å². The number of aryl methyl sites for hydroxylation is 2. The Kier molecular flexibility index (Phi) is 6.77. The van der Waals surface area contributed by atoms with E-state index in [-0.39, 0.29) is 18.5 Å². The Labute approximate surface area is 192 Å². The normalized spacial score (nSPS) is 14.6. The molecule has 0 atom stereocenters. The number of ether oxygens (including phenoxy) is 1. The minimum Gasteiger partial charge on any atom is -0.471 e. The van der Waals surface area contributed by atoms with E-state index in [4.69, 9.17) is 16.3 Å². The number of aromatic nitrogens is 2. The van der Waals surface area contributed by atoms with Crippen molar-refractivity contribution in [3.8, 4) is 5.75 Å². The van der Waals surface area contributed by atoms with Crippen LogP contribution in [0, 0.1) is 19.7 Å². The van der Waals surface area contributed by atoms with Crippen LogP contribution in [0.1, 0.15) is 27.2 Å². The van der Waals surface area contributed by atoms with Crippen molar-refractivity contribution in [2.45, 2.75) is 27.1 Å². The van der Waals surface area contributed by atoms with Gasteiger partial charge in [-0.3, -0.25) is 9.69 Å². The summed E-state index contributed by atoms with van der Waals surface area (Å²) in [6, 6.07) is 12.0. The third-order valence-electron chi connectivity index (χ3n) is 5.61. The first-order valence-electron chi connectivity index (χ1n) is 10.6. The van der Waals surface area contributed by atoms with Crippen molar-refractivity contribution in [3.05, 3.63) is 81.9 Å². The van der Waals surface area contributed by atoms with Gasteiger partial charge in [-0.15, -0.1) is 0 Å². The van der Waals surface area contributed by atoms with Crippen molar-refractivity contribution < 1.29 is 13.9 Å². The number of carbonyl (C=O) groups excluding carboxylic acids is 1. The predicted octanol–water partition coefficient (Wildman–Crippen LogP) is 4.29. The van der Waals surface area contributed by atoms with Crippen molar-refractivity contribution in [2.24, 2.45) is 0 Å². The van der Waals surface area contributed by atoms with Crippen LogP contribution in [0.25, 0.3) is 0 Å². The molecule has 0 radical (unpaired) electrons. The number of hydrogen-bond acceptors (Lipinski definition) is 4. The lowest BCUT2D eigenvalue weighted by atomic mass is 10.1. The van der Waals surface area contributed by atoms with Gasteiger partial charge < -0.3 is 9.64 Å². The van der Waals surface area contributed by atoms with E-state index in [1.165, 1.54) is 12.1 Å². The van der Waals surface area contributed by atoms with Gasteiger partial charge in [0.1, 0.15) is 11.6 Å². The van der Waals surface area contributed by atoms with Gasteiger partial charge in [0.2, 0.25) is 0 Å². The Morgan fingerprint density at radius 3 is 2.38 bits per heavy atom. The van der Waals surface area contributed by atoms with Crippen LogP contribution in [0.5, 0.6) is 5.75 Å². The molecular formula is C24H26ClFN4O2. The second-order valence-corrected chi connectivity index (χ2v) is 8.46. The van der Waals surface area contributed by atoms with Gasteiger partial charge in [-0.2, -0.15) is 5.10 Å². The molecule has 0 bridgehead atoms. The Morgan fingerprint density at radius 1 is 1.06 bits per heavy atom. The van der Waals surface area contributed by atoms with Crippen LogP contribution in [0.2, 0.25) is 5.02 Å². The fourth-order valence-corrected chi connectivity index (χ4v) is 3.91. The minimum absolute atomic E-state index is 0.0802. The zero-order valence-electron chi connectivity index (χ0n) is 18.2. The lowest BCUT2D eigenvalue weighted by Crippen LogP contribution is -2.48. The minimum atomic E-state index is -0.229. The lowest BCUT2D eigenvalue weighted by molar-refractivity contribution is 0.0621. The summed E-state index contributed by atoms with van der Waals surface area (Å²) in [5.74, 6) is 0.404. The highest BCUT2D eigenvalue weighted by Crippen LogP contribution is 2.26. The van der Waals surface area contributed by atoms with Gasteiger partial charge in [-0.05, 0) is 60.9 Å². The number of carbonyl (C=O) groups is 1. The number of hydrogen-bond donors (Lipinski definition) is 0. The van der Waals surface area contributed by atoms with Crippen LogP contribution in [-0.4, -0.2) is 51.7 Å². The fraction of sp³-hybridized carbons (Fsp3) is 0.333. The molecule has 8 heteroatoms. The zero-order valence-corrected chi connectivity index (χ0v) is 19.0. The summed E-state index contributed by atoms with van der Waals surface area (Å²) in [7, 11) is 0. The first-order valence-corrected chi connectivity index (χ1v) is 11.0. The molecule has 1 fully saturated rings. The summed E-state index contributed by atoms with van der Waals surface area (Å²) in [6.45, 7) is 7.62. The molecule has 0 N–H and O–H groups in total. The van der Waals surface area contributed by atoms with Gasteiger partial charge in [0, 0.05) is 43.9 Å². The SMILES string of the molecule is Cc1cc(OCn2ccc(C(=O)N3CCN(Cc4ccc(F)cc4)CC3)n2)cc(C)c1Cl. The van der Waals surface area contributed by atoms with Crippen molar-refractivity contribution in [3.63, 3.8) is 0 Å². The Bertz CT molecular complexity index is 1070. The molecule has 1 amide bonds. The first kappa shape index (κ1) is 22.3. The third kappa shape index (κ3) is 5.29. The number of piperazine rings is 1. The molecule has 1 aliphatic rings. The van der Waals surface area contributed by atoms with E-state index in [1.807, 2.05) is 30.9 Å². The van der Waals surface area contributed by atoms with Gasteiger partial charge in [-0.25, -0.2) is 9.07 Å². The number of rotatable bonds is 6. The highest BCUT2D eigenvalue weighted by atomic mass is 35.5. The largest absolute Gasteiger partial charge is 0.471 e. The molecule has 3 aromatic rings. The fourth-order valence-electron chi connectivity index (χ4n) is 3.80. The van der Waals surface area contributed by atoms with Gasteiger partial charge in [0.25, 0.3) is 5.91 Å². The molecule has 6 nitrogen and oxygen atoms in total.